The first-order chi connectivity index (χ1) is 8.29. The van der Waals surface area contributed by atoms with E-state index in [1.165, 1.54) is 23.2 Å². The number of hydrogen-bond donors (Lipinski definition) is 1. The lowest BCUT2D eigenvalue weighted by Crippen LogP contribution is -2.32. The molecule has 2 rings (SSSR count). The van der Waals surface area contributed by atoms with Crippen molar-refractivity contribution < 1.29 is 0 Å². The van der Waals surface area contributed by atoms with Crippen molar-refractivity contribution >= 4 is 5.69 Å². The second-order valence-electron chi connectivity index (χ2n) is 6.81. The lowest BCUT2D eigenvalue weighted by molar-refractivity contribution is 0.270. The van der Waals surface area contributed by atoms with Crippen molar-refractivity contribution in [2.45, 2.75) is 51.6 Å². The molecule has 0 aliphatic carbocycles. The predicted molar refractivity (Wildman–Crippen MR) is 79.3 cm³/mol. The molecule has 2 unspecified atom stereocenters. The van der Waals surface area contributed by atoms with Crippen molar-refractivity contribution in [3.8, 4) is 0 Å². The second-order valence-corrected chi connectivity index (χ2v) is 6.81. The summed E-state index contributed by atoms with van der Waals surface area (Å²) in [5.74, 6) is 0. The molecule has 0 fully saturated rings. The molecule has 1 aromatic carbocycles. The smallest absolute Gasteiger partial charge is 0.0391 e. The van der Waals surface area contributed by atoms with Crippen LogP contribution in [0.25, 0.3) is 0 Å². The van der Waals surface area contributed by atoms with Gasteiger partial charge in [-0.3, -0.25) is 0 Å². The second kappa shape index (κ2) is 4.58. The fourth-order valence-corrected chi connectivity index (χ4v) is 2.71. The van der Waals surface area contributed by atoms with Crippen molar-refractivity contribution in [3.63, 3.8) is 0 Å². The van der Waals surface area contributed by atoms with Crippen LogP contribution in [-0.4, -0.2) is 25.0 Å². The van der Waals surface area contributed by atoms with Gasteiger partial charge in [0.1, 0.15) is 0 Å². The molecule has 2 heteroatoms. The first-order valence-electron chi connectivity index (χ1n) is 6.86. The maximum absolute atomic E-state index is 3.60. The highest BCUT2D eigenvalue weighted by molar-refractivity contribution is 5.57. The molecule has 0 bridgehead atoms. The zero-order valence-corrected chi connectivity index (χ0v) is 12.5. The number of nitrogens with one attached hydrogen (secondary N) is 1. The van der Waals surface area contributed by atoms with Crippen molar-refractivity contribution in [3.05, 3.63) is 29.3 Å². The molecule has 2 nitrogen and oxygen atoms in total. The van der Waals surface area contributed by atoms with Gasteiger partial charge in [0.2, 0.25) is 0 Å². The fraction of sp³-hybridized carbons (Fsp3) is 0.625. The molecular formula is C16H26N2. The molecule has 2 atom stereocenters. The molecule has 0 amide bonds. The minimum atomic E-state index is 0.217. The molecule has 0 radical (unpaired) electrons. The minimum absolute atomic E-state index is 0.217. The van der Waals surface area contributed by atoms with Crippen LogP contribution in [0.1, 0.15) is 51.3 Å². The van der Waals surface area contributed by atoms with Crippen molar-refractivity contribution in [1.29, 1.82) is 0 Å². The molecule has 1 aromatic rings. The van der Waals surface area contributed by atoms with Crippen molar-refractivity contribution in [1.82, 2.24) is 4.90 Å². The van der Waals surface area contributed by atoms with Crippen molar-refractivity contribution in [2.75, 3.05) is 19.4 Å². The van der Waals surface area contributed by atoms with E-state index in [1.807, 2.05) is 0 Å². The van der Waals surface area contributed by atoms with E-state index in [9.17, 15) is 0 Å². The van der Waals surface area contributed by atoms with E-state index in [-0.39, 0.29) is 5.41 Å². The van der Waals surface area contributed by atoms with Crippen LogP contribution in [0.3, 0.4) is 0 Å². The average molecular weight is 246 g/mol. The Balaban J connectivity index is 2.46. The number of rotatable bonds is 1. The van der Waals surface area contributed by atoms with E-state index >= 15 is 0 Å². The number of nitrogens with zero attached hydrogens (tertiary/aromatic N) is 1. The molecule has 0 saturated heterocycles. The molecule has 18 heavy (non-hydrogen) atoms. The lowest BCUT2D eigenvalue weighted by Gasteiger charge is -2.36. The zero-order chi connectivity index (χ0) is 13.5. The first kappa shape index (κ1) is 13.4. The topological polar surface area (TPSA) is 15.3 Å². The number of hydrogen-bond acceptors (Lipinski definition) is 2. The lowest BCUT2D eigenvalue weighted by atomic mass is 9.83. The van der Waals surface area contributed by atoms with Crippen LogP contribution >= 0.6 is 0 Å². The van der Waals surface area contributed by atoms with Gasteiger partial charge in [0.25, 0.3) is 0 Å². The summed E-state index contributed by atoms with van der Waals surface area (Å²) in [5.41, 5.74) is 4.39. The Labute approximate surface area is 111 Å². The summed E-state index contributed by atoms with van der Waals surface area (Å²) in [6.45, 7) is 9.09. The maximum atomic E-state index is 3.60. The van der Waals surface area contributed by atoms with Crippen LogP contribution in [0, 0.1) is 0 Å². The van der Waals surface area contributed by atoms with E-state index < -0.39 is 0 Å². The summed E-state index contributed by atoms with van der Waals surface area (Å²) in [6.07, 6.45) is 1.17. The zero-order valence-electron chi connectivity index (χ0n) is 12.5. The third-order valence-electron chi connectivity index (χ3n) is 3.88. The third-order valence-corrected chi connectivity index (χ3v) is 3.88. The van der Waals surface area contributed by atoms with Gasteiger partial charge >= 0.3 is 0 Å². The van der Waals surface area contributed by atoms with Gasteiger partial charge in [-0.1, -0.05) is 32.9 Å². The highest BCUT2D eigenvalue weighted by atomic mass is 15.1. The van der Waals surface area contributed by atoms with Crippen LogP contribution in [0.2, 0.25) is 0 Å². The average Bonchev–Trinajstić information content (AvgIpc) is 2.25. The van der Waals surface area contributed by atoms with Crippen LogP contribution in [0.15, 0.2) is 18.2 Å². The molecule has 0 aromatic heterocycles. The SMILES string of the molecule is CC1CC(N(C)C)c2cc(C(C)(C)C)ccc2N1. The largest absolute Gasteiger partial charge is 0.382 e. The Morgan fingerprint density at radius 2 is 1.89 bits per heavy atom. The number of anilines is 1. The third kappa shape index (κ3) is 2.54. The molecule has 0 spiro atoms. The van der Waals surface area contributed by atoms with E-state index in [2.05, 4.69) is 70.2 Å². The van der Waals surface area contributed by atoms with Crippen LogP contribution in [0.5, 0.6) is 0 Å². The molecule has 0 saturated carbocycles. The quantitative estimate of drug-likeness (QED) is 0.811. The Kier molecular flexibility index (Phi) is 3.41. The van der Waals surface area contributed by atoms with Gasteiger partial charge in [-0.15, -0.1) is 0 Å². The van der Waals surface area contributed by atoms with Crippen LogP contribution < -0.4 is 5.32 Å². The van der Waals surface area contributed by atoms with Gasteiger partial charge in [-0.25, -0.2) is 0 Å². The highest BCUT2D eigenvalue weighted by Crippen LogP contribution is 2.38. The van der Waals surface area contributed by atoms with Gasteiger partial charge < -0.3 is 10.2 Å². The standard InChI is InChI=1S/C16H26N2/c1-11-9-15(18(5)6)13-10-12(16(2,3)4)7-8-14(13)17-11/h7-8,10-11,15,17H,9H2,1-6H3. The van der Waals surface area contributed by atoms with Crippen LogP contribution in [0.4, 0.5) is 5.69 Å². The Morgan fingerprint density at radius 3 is 2.44 bits per heavy atom. The summed E-state index contributed by atoms with van der Waals surface area (Å²) >= 11 is 0. The van der Waals surface area contributed by atoms with Gasteiger partial charge in [0.15, 0.2) is 0 Å². The molecule has 1 aliphatic heterocycles. The summed E-state index contributed by atoms with van der Waals surface area (Å²) in [6, 6.07) is 7.97. The number of benzene rings is 1. The summed E-state index contributed by atoms with van der Waals surface area (Å²) < 4.78 is 0. The van der Waals surface area contributed by atoms with Gasteiger partial charge in [-0.2, -0.15) is 0 Å². The monoisotopic (exact) mass is 246 g/mol. The molecule has 1 N–H and O–H groups in total. The first-order valence-corrected chi connectivity index (χ1v) is 6.86. The fourth-order valence-electron chi connectivity index (χ4n) is 2.71. The van der Waals surface area contributed by atoms with E-state index in [4.69, 9.17) is 0 Å². The van der Waals surface area contributed by atoms with Crippen LogP contribution in [-0.2, 0) is 5.41 Å². The van der Waals surface area contributed by atoms with Gasteiger partial charge in [0, 0.05) is 17.8 Å². The van der Waals surface area contributed by atoms with Gasteiger partial charge in [-0.05, 0) is 50.0 Å². The molecule has 1 heterocycles. The highest BCUT2D eigenvalue weighted by Gasteiger charge is 2.27. The molecular weight excluding hydrogens is 220 g/mol. The van der Waals surface area contributed by atoms with E-state index in [0.717, 1.165) is 0 Å². The molecule has 1 aliphatic rings. The minimum Gasteiger partial charge on any atom is -0.382 e. The summed E-state index contributed by atoms with van der Waals surface area (Å²) in [4.78, 5) is 2.34. The molecule has 100 valence electrons. The normalized spacial score (nSPS) is 23.7. The van der Waals surface area contributed by atoms with Crippen molar-refractivity contribution in [2.24, 2.45) is 0 Å². The number of fused-ring (bicyclic) bond motifs is 1. The van der Waals surface area contributed by atoms with E-state index in [0.29, 0.717) is 12.1 Å². The van der Waals surface area contributed by atoms with E-state index in [1.54, 1.807) is 0 Å². The predicted octanol–water partition coefficient (Wildman–Crippen LogP) is 3.79. The Hall–Kier alpha value is -1.02. The van der Waals surface area contributed by atoms with Gasteiger partial charge in [0.05, 0.1) is 0 Å². The Bertz CT molecular complexity index is 429. The summed E-state index contributed by atoms with van der Waals surface area (Å²) in [5, 5.41) is 3.60. The maximum Gasteiger partial charge on any atom is 0.0391 e. The Morgan fingerprint density at radius 1 is 1.22 bits per heavy atom. The summed E-state index contributed by atoms with van der Waals surface area (Å²) in [7, 11) is 4.35.